The molecule has 1 unspecified atom stereocenters. The van der Waals surface area contributed by atoms with E-state index in [2.05, 4.69) is 9.97 Å². The molecule has 0 fully saturated rings. The van der Waals surface area contributed by atoms with Gasteiger partial charge in [-0.25, -0.2) is 4.98 Å². The third kappa shape index (κ3) is 3.19. The van der Waals surface area contributed by atoms with Gasteiger partial charge < -0.3 is 10.7 Å². The van der Waals surface area contributed by atoms with Gasteiger partial charge in [-0.15, -0.1) is 0 Å². The van der Waals surface area contributed by atoms with Crippen molar-refractivity contribution in [2.45, 2.75) is 11.3 Å². The summed E-state index contributed by atoms with van der Waals surface area (Å²) in [6.45, 7) is 0. The van der Waals surface area contributed by atoms with Crippen molar-refractivity contribution in [2.75, 3.05) is 5.75 Å². The van der Waals surface area contributed by atoms with Crippen LogP contribution in [0.3, 0.4) is 0 Å². The average molecular weight is 288 g/mol. The zero-order valence-corrected chi connectivity index (χ0v) is 10.5. The van der Waals surface area contributed by atoms with E-state index in [0.717, 1.165) is 17.3 Å². The van der Waals surface area contributed by atoms with E-state index in [0.29, 0.717) is 10.7 Å². The van der Waals surface area contributed by atoms with Gasteiger partial charge in [0.1, 0.15) is 11.8 Å². The maximum Gasteiger partial charge on any atom is 0.399 e. The number of thioether (sulfide) groups is 1. The van der Waals surface area contributed by atoms with Crippen LogP contribution in [0.5, 0.6) is 0 Å². The minimum Gasteiger partial charge on any atom is -0.387 e. The molecule has 0 amide bonds. The fourth-order valence-corrected chi connectivity index (χ4v) is 2.56. The van der Waals surface area contributed by atoms with Crippen LogP contribution in [0, 0.1) is 11.3 Å². The van der Waals surface area contributed by atoms with Crippen molar-refractivity contribution in [1.29, 1.82) is 5.41 Å². The quantitative estimate of drug-likeness (QED) is 0.460. The van der Waals surface area contributed by atoms with Crippen LogP contribution < -0.4 is 5.73 Å². The highest BCUT2D eigenvalue weighted by Crippen LogP contribution is 2.31. The van der Waals surface area contributed by atoms with Crippen molar-refractivity contribution in [3.8, 4) is 0 Å². The Labute approximate surface area is 111 Å². The number of nitrogens with zero attached hydrogens (tertiary/aromatic N) is 1. The maximum absolute atomic E-state index is 12.6. The third-order valence-electron chi connectivity index (χ3n) is 2.52. The highest BCUT2D eigenvalue weighted by molar-refractivity contribution is 7.99. The van der Waals surface area contributed by atoms with Crippen LogP contribution in [0.1, 0.15) is 0 Å². The van der Waals surface area contributed by atoms with Crippen LogP contribution in [0.2, 0.25) is 0 Å². The molecule has 19 heavy (non-hydrogen) atoms. The second-order valence-corrected chi connectivity index (χ2v) is 4.93. The van der Waals surface area contributed by atoms with Gasteiger partial charge >= 0.3 is 6.18 Å². The molecule has 1 aromatic carbocycles. The molecule has 0 saturated heterocycles. The van der Waals surface area contributed by atoms with Gasteiger partial charge in [-0.3, -0.25) is 5.41 Å². The van der Waals surface area contributed by atoms with Crippen molar-refractivity contribution in [3.63, 3.8) is 0 Å². The Balaban J connectivity index is 2.10. The van der Waals surface area contributed by atoms with Gasteiger partial charge in [-0.05, 0) is 12.1 Å². The van der Waals surface area contributed by atoms with Crippen molar-refractivity contribution >= 4 is 28.6 Å². The van der Waals surface area contributed by atoms with Gasteiger partial charge in [0.15, 0.2) is 5.16 Å². The van der Waals surface area contributed by atoms with Crippen molar-refractivity contribution in [2.24, 2.45) is 11.7 Å². The normalized spacial score (nSPS) is 13.6. The van der Waals surface area contributed by atoms with E-state index in [1.165, 1.54) is 0 Å². The Bertz CT molecular complexity index is 560. The number of para-hydroxylation sites is 2. The number of benzene rings is 1. The van der Waals surface area contributed by atoms with E-state index in [9.17, 15) is 13.2 Å². The van der Waals surface area contributed by atoms with Gasteiger partial charge in [-0.2, -0.15) is 13.2 Å². The molecular formula is C11H11F3N4S. The number of hydrogen-bond donors (Lipinski definition) is 3. The molecule has 4 nitrogen and oxygen atoms in total. The first-order valence-corrected chi connectivity index (χ1v) is 6.34. The molecule has 0 aliphatic rings. The number of alkyl halides is 3. The van der Waals surface area contributed by atoms with Gasteiger partial charge in [0, 0.05) is 5.75 Å². The molecule has 0 radical (unpaired) electrons. The van der Waals surface area contributed by atoms with E-state index in [1.54, 1.807) is 18.2 Å². The number of hydrogen-bond acceptors (Lipinski definition) is 3. The minimum absolute atomic E-state index is 0.362. The molecular weight excluding hydrogens is 277 g/mol. The Kier molecular flexibility index (Phi) is 3.70. The first-order chi connectivity index (χ1) is 8.88. The predicted molar refractivity (Wildman–Crippen MR) is 68.3 cm³/mol. The Morgan fingerprint density at radius 2 is 2.11 bits per heavy atom. The Morgan fingerprint density at radius 1 is 1.42 bits per heavy atom. The molecule has 1 atom stereocenters. The summed E-state index contributed by atoms with van der Waals surface area (Å²) in [6.07, 6.45) is -4.51. The Hall–Kier alpha value is -1.70. The summed E-state index contributed by atoms with van der Waals surface area (Å²) in [6, 6.07) is 7.16. The van der Waals surface area contributed by atoms with Gasteiger partial charge in [0.2, 0.25) is 0 Å². The molecule has 2 rings (SSSR count). The third-order valence-corrected chi connectivity index (χ3v) is 3.49. The first-order valence-electron chi connectivity index (χ1n) is 5.36. The van der Waals surface area contributed by atoms with E-state index in [4.69, 9.17) is 11.1 Å². The fraction of sp³-hybridized carbons (Fsp3) is 0.273. The number of halogens is 3. The number of nitrogens with one attached hydrogen (secondary N) is 2. The zero-order valence-electron chi connectivity index (χ0n) is 9.66. The summed E-state index contributed by atoms with van der Waals surface area (Å²) in [7, 11) is 0. The fourth-order valence-electron chi connectivity index (χ4n) is 1.52. The number of aromatic amines is 1. The summed E-state index contributed by atoms with van der Waals surface area (Å²) >= 11 is 0.902. The van der Waals surface area contributed by atoms with E-state index in [1.807, 2.05) is 6.07 Å². The SMILES string of the molecule is N=C(N)C(CSc1nc2ccccc2[nH]1)C(F)(F)F. The number of fused-ring (bicyclic) bond motifs is 1. The number of H-pyrrole nitrogens is 1. The molecule has 8 heteroatoms. The lowest BCUT2D eigenvalue weighted by Crippen LogP contribution is -2.37. The largest absolute Gasteiger partial charge is 0.399 e. The number of nitrogens with two attached hydrogens (primary N) is 1. The lowest BCUT2D eigenvalue weighted by Gasteiger charge is -2.17. The number of rotatable bonds is 4. The highest BCUT2D eigenvalue weighted by atomic mass is 32.2. The van der Waals surface area contributed by atoms with Crippen LogP contribution in [-0.2, 0) is 0 Å². The van der Waals surface area contributed by atoms with Gasteiger partial charge in [-0.1, -0.05) is 23.9 Å². The lowest BCUT2D eigenvalue weighted by atomic mass is 10.1. The second-order valence-electron chi connectivity index (χ2n) is 3.92. The van der Waals surface area contributed by atoms with Crippen LogP contribution in [-0.4, -0.2) is 27.7 Å². The standard InChI is InChI=1S/C11H11F3N4S/c12-11(13,14)6(9(15)16)5-19-10-17-7-3-1-2-4-8(7)18-10/h1-4,6H,5H2,(H3,15,16)(H,17,18). The van der Waals surface area contributed by atoms with Crippen LogP contribution in [0.4, 0.5) is 13.2 Å². The van der Waals surface area contributed by atoms with Gasteiger partial charge in [0.25, 0.3) is 0 Å². The smallest absolute Gasteiger partial charge is 0.387 e. The molecule has 0 bridgehead atoms. The predicted octanol–water partition coefficient (Wildman–Crippen LogP) is 2.77. The molecule has 2 aromatic rings. The summed E-state index contributed by atoms with van der Waals surface area (Å²) in [5.74, 6) is -3.19. The topological polar surface area (TPSA) is 78.6 Å². The van der Waals surface area contributed by atoms with Crippen LogP contribution in [0.15, 0.2) is 29.4 Å². The number of amidine groups is 1. The molecule has 0 aliphatic heterocycles. The zero-order chi connectivity index (χ0) is 14.0. The summed E-state index contributed by atoms with van der Waals surface area (Å²) in [5, 5.41) is 7.38. The lowest BCUT2D eigenvalue weighted by molar-refractivity contribution is -0.150. The highest BCUT2D eigenvalue weighted by Gasteiger charge is 2.41. The minimum atomic E-state index is -4.51. The average Bonchev–Trinajstić information content (AvgIpc) is 2.69. The van der Waals surface area contributed by atoms with E-state index >= 15 is 0 Å². The van der Waals surface area contributed by atoms with Crippen LogP contribution in [0.25, 0.3) is 11.0 Å². The van der Waals surface area contributed by atoms with E-state index < -0.39 is 17.9 Å². The molecule has 102 valence electrons. The second kappa shape index (κ2) is 5.12. The summed E-state index contributed by atoms with van der Waals surface area (Å²) in [4.78, 5) is 7.07. The summed E-state index contributed by atoms with van der Waals surface area (Å²) in [5.41, 5.74) is 6.43. The van der Waals surface area contributed by atoms with E-state index in [-0.39, 0.29) is 5.75 Å². The molecule has 1 aromatic heterocycles. The molecule has 4 N–H and O–H groups in total. The Morgan fingerprint density at radius 3 is 2.68 bits per heavy atom. The molecule has 0 aliphatic carbocycles. The van der Waals surface area contributed by atoms with Crippen LogP contribution >= 0.6 is 11.8 Å². The van der Waals surface area contributed by atoms with Crippen molar-refractivity contribution in [3.05, 3.63) is 24.3 Å². The summed E-state index contributed by atoms with van der Waals surface area (Å²) < 4.78 is 37.8. The van der Waals surface area contributed by atoms with Crippen molar-refractivity contribution in [1.82, 2.24) is 9.97 Å². The molecule has 1 heterocycles. The maximum atomic E-state index is 12.6. The van der Waals surface area contributed by atoms with Crippen molar-refractivity contribution < 1.29 is 13.2 Å². The van der Waals surface area contributed by atoms with Gasteiger partial charge in [0.05, 0.1) is 11.0 Å². The first kappa shape index (κ1) is 13.7. The molecule has 0 saturated carbocycles. The monoisotopic (exact) mass is 288 g/mol. The number of aromatic nitrogens is 2. The number of imidazole rings is 1. The molecule has 0 spiro atoms.